The van der Waals surface area contributed by atoms with Crippen molar-refractivity contribution in [2.75, 3.05) is 0 Å². The molecule has 1 rings (SSSR count). The molecule has 14 heavy (non-hydrogen) atoms. The number of nitrogens with one attached hydrogen (secondary N) is 1. The Balaban J connectivity index is 2.94. The first-order chi connectivity index (χ1) is 6.50. The van der Waals surface area contributed by atoms with Crippen LogP contribution in [0.2, 0.25) is 10.0 Å². The maximum absolute atomic E-state index is 11.6. The third kappa shape index (κ3) is 2.89. The average molecular weight is 232 g/mol. The van der Waals surface area contributed by atoms with Gasteiger partial charge in [-0.25, -0.2) is 0 Å². The van der Waals surface area contributed by atoms with Crippen molar-refractivity contribution in [1.29, 1.82) is 0 Å². The van der Waals surface area contributed by atoms with E-state index >= 15 is 0 Å². The predicted molar refractivity (Wildman–Crippen MR) is 59.1 cm³/mol. The maximum Gasteiger partial charge on any atom is 0.253 e. The molecule has 0 unspecified atom stereocenters. The van der Waals surface area contributed by atoms with E-state index in [0.29, 0.717) is 15.6 Å². The van der Waals surface area contributed by atoms with Crippen LogP contribution in [-0.4, -0.2) is 11.9 Å². The van der Waals surface area contributed by atoms with E-state index in [-0.39, 0.29) is 11.9 Å². The van der Waals surface area contributed by atoms with Gasteiger partial charge in [0, 0.05) is 11.1 Å². The van der Waals surface area contributed by atoms with Gasteiger partial charge in [-0.2, -0.15) is 0 Å². The van der Waals surface area contributed by atoms with E-state index < -0.39 is 0 Å². The van der Waals surface area contributed by atoms with E-state index in [0.717, 1.165) is 0 Å². The molecule has 0 aliphatic heterocycles. The minimum atomic E-state index is -0.201. The number of halogens is 2. The molecule has 0 aromatic heterocycles. The fourth-order valence-corrected chi connectivity index (χ4v) is 1.39. The molecular weight excluding hydrogens is 221 g/mol. The number of hydrogen-bond acceptors (Lipinski definition) is 1. The number of rotatable bonds is 2. The standard InChI is InChI=1S/C10H11Cl2NO/c1-6(2)13-10(14)8-5-7(11)3-4-9(8)12/h3-6H,1-2H3,(H,13,14). The molecule has 0 aliphatic carbocycles. The molecule has 0 bridgehead atoms. The summed E-state index contributed by atoms with van der Waals surface area (Å²) in [6.07, 6.45) is 0. The Bertz CT molecular complexity index is 350. The molecule has 0 heterocycles. The first kappa shape index (κ1) is 11.3. The van der Waals surface area contributed by atoms with Crippen molar-refractivity contribution in [3.8, 4) is 0 Å². The molecule has 1 amide bonds. The number of amides is 1. The topological polar surface area (TPSA) is 29.1 Å². The van der Waals surface area contributed by atoms with Crippen LogP contribution in [0.15, 0.2) is 18.2 Å². The molecule has 0 fully saturated rings. The van der Waals surface area contributed by atoms with E-state index in [2.05, 4.69) is 5.32 Å². The highest BCUT2D eigenvalue weighted by Gasteiger charge is 2.11. The van der Waals surface area contributed by atoms with Gasteiger partial charge in [0.1, 0.15) is 0 Å². The Hall–Kier alpha value is -0.730. The lowest BCUT2D eigenvalue weighted by Gasteiger charge is -2.09. The third-order valence-corrected chi connectivity index (χ3v) is 2.16. The van der Waals surface area contributed by atoms with Crippen LogP contribution in [0, 0.1) is 0 Å². The Morgan fingerprint density at radius 3 is 2.57 bits per heavy atom. The molecule has 0 radical (unpaired) electrons. The van der Waals surface area contributed by atoms with Gasteiger partial charge in [0.15, 0.2) is 0 Å². The Labute approximate surface area is 93.2 Å². The van der Waals surface area contributed by atoms with E-state index in [1.807, 2.05) is 13.8 Å². The van der Waals surface area contributed by atoms with Gasteiger partial charge in [0.25, 0.3) is 5.91 Å². The van der Waals surface area contributed by atoms with Crippen LogP contribution < -0.4 is 5.32 Å². The van der Waals surface area contributed by atoms with Gasteiger partial charge in [-0.15, -0.1) is 0 Å². The van der Waals surface area contributed by atoms with E-state index in [1.54, 1.807) is 18.2 Å². The highest BCUT2D eigenvalue weighted by Crippen LogP contribution is 2.20. The molecule has 0 saturated heterocycles. The molecule has 0 aliphatic rings. The summed E-state index contributed by atoms with van der Waals surface area (Å²) in [4.78, 5) is 11.6. The Morgan fingerprint density at radius 2 is 2.00 bits per heavy atom. The van der Waals surface area contributed by atoms with E-state index in [4.69, 9.17) is 23.2 Å². The molecule has 4 heteroatoms. The summed E-state index contributed by atoms with van der Waals surface area (Å²) in [6, 6.07) is 4.90. The number of benzene rings is 1. The molecular formula is C10H11Cl2NO. The molecule has 1 aromatic carbocycles. The number of carbonyl (C=O) groups excluding carboxylic acids is 1. The van der Waals surface area contributed by atoms with Crippen LogP contribution in [-0.2, 0) is 0 Å². The van der Waals surface area contributed by atoms with Crippen molar-refractivity contribution in [2.24, 2.45) is 0 Å². The smallest absolute Gasteiger partial charge is 0.253 e. The first-order valence-corrected chi connectivity index (χ1v) is 5.02. The lowest BCUT2D eigenvalue weighted by atomic mass is 10.2. The zero-order valence-electron chi connectivity index (χ0n) is 7.97. The zero-order chi connectivity index (χ0) is 10.7. The quantitative estimate of drug-likeness (QED) is 0.833. The van der Waals surface area contributed by atoms with Crippen molar-refractivity contribution in [3.05, 3.63) is 33.8 Å². The molecule has 1 N–H and O–H groups in total. The van der Waals surface area contributed by atoms with E-state index in [1.165, 1.54) is 0 Å². The molecule has 76 valence electrons. The van der Waals surface area contributed by atoms with Crippen LogP contribution in [0.25, 0.3) is 0 Å². The van der Waals surface area contributed by atoms with Gasteiger partial charge in [0.05, 0.1) is 10.6 Å². The van der Waals surface area contributed by atoms with Crippen LogP contribution in [0.1, 0.15) is 24.2 Å². The lowest BCUT2D eigenvalue weighted by molar-refractivity contribution is 0.0943. The summed E-state index contributed by atoms with van der Waals surface area (Å²) in [5, 5.41) is 3.66. The van der Waals surface area contributed by atoms with Crippen LogP contribution in [0.3, 0.4) is 0 Å². The van der Waals surface area contributed by atoms with Crippen molar-refractivity contribution in [3.63, 3.8) is 0 Å². The lowest BCUT2D eigenvalue weighted by Crippen LogP contribution is -2.30. The second kappa shape index (κ2) is 4.67. The van der Waals surface area contributed by atoms with Gasteiger partial charge < -0.3 is 5.32 Å². The normalized spacial score (nSPS) is 10.4. The predicted octanol–water partition coefficient (Wildman–Crippen LogP) is 3.13. The zero-order valence-corrected chi connectivity index (χ0v) is 9.49. The van der Waals surface area contributed by atoms with Crippen molar-refractivity contribution < 1.29 is 4.79 Å². The number of hydrogen-bond donors (Lipinski definition) is 1. The Kier molecular flexibility index (Phi) is 3.78. The highest BCUT2D eigenvalue weighted by molar-refractivity contribution is 6.35. The summed E-state index contributed by atoms with van der Waals surface area (Å²) in [7, 11) is 0. The van der Waals surface area contributed by atoms with Gasteiger partial charge in [-0.05, 0) is 32.0 Å². The van der Waals surface area contributed by atoms with E-state index in [9.17, 15) is 4.79 Å². The molecule has 0 saturated carbocycles. The van der Waals surface area contributed by atoms with Crippen molar-refractivity contribution >= 4 is 29.1 Å². The van der Waals surface area contributed by atoms with Crippen molar-refractivity contribution in [2.45, 2.75) is 19.9 Å². The second-order valence-corrected chi connectivity index (χ2v) is 4.10. The second-order valence-electron chi connectivity index (χ2n) is 3.25. The highest BCUT2D eigenvalue weighted by atomic mass is 35.5. The summed E-state index contributed by atoms with van der Waals surface area (Å²) < 4.78 is 0. The monoisotopic (exact) mass is 231 g/mol. The van der Waals surface area contributed by atoms with Crippen molar-refractivity contribution in [1.82, 2.24) is 5.32 Å². The van der Waals surface area contributed by atoms with Gasteiger partial charge in [-0.3, -0.25) is 4.79 Å². The summed E-state index contributed by atoms with van der Waals surface area (Å²) >= 11 is 11.6. The van der Waals surface area contributed by atoms with Crippen LogP contribution in [0.4, 0.5) is 0 Å². The summed E-state index contributed by atoms with van der Waals surface area (Å²) in [6.45, 7) is 3.77. The summed E-state index contributed by atoms with van der Waals surface area (Å²) in [5.41, 5.74) is 0.410. The van der Waals surface area contributed by atoms with Gasteiger partial charge in [0.2, 0.25) is 0 Å². The first-order valence-electron chi connectivity index (χ1n) is 4.26. The summed E-state index contributed by atoms with van der Waals surface area (Å²) in [5.74, 6) is -0.201. The minimum absolute atomic E-state index is 0.0811. The Morgan fingerprint density at radius 1 is 1.36 bits per heavy atom. The third-order valence-electron chi connectivity index (χ3n) is 1.59. The minimum Gasteiger partial charge on any atom is -0.350 e. The fourth-order valence-electron chi connectivity index (χ4n) is 1.01. The molecule has 2 nitrogen and oxygen atoms in total. The van der Waals surface area contributed by atoms with Gasteiger partial charge >= 0.3 is 0 Å². The fraction of sp³-hybridized carbons (Fsp3) is 0.300. The average Bonchev–Trinajstić information content (AvgIpc) is 2.08. The van der Waals surface area contributed by atoms with Crippen LogP contribution in [0.5, 0.6) is 0 Å². The maximum atomic E-state index is 11.6. The van der Waals surface area contributed by atoms with Crippen LogP contribution >= 0.6 is 23.2 Å². The number of carbonyl (C=O) groups is 1. The van der Waals surface area contributed by atoms with Gasteiger partial charge in [-0.1, -0.05) is 23.2 Å². The molecule has 1 aromatic rings. The molecule has 0 spiro atoms. The largest absolute Gasteiger partial charge is 0.350 e. The molecule has 0 atom stereocenters. The SMILES string of the molecule is CC(C)NC(=O)c1cc(Cl)ccc1Cl.